The van der Waals surface area contributed by atoms with Gasteiger partial charge in [-0.05, 0) is 54.6 Å². The second kappa shape index (κ2) is 7.66. The van der Waals surface area contributed by atoms with E-state index in [-0.39, 0.29) is 17.4 Å². The van der Waals surface area contributed by atoms with Gasteiger partial charge < -0.3 is 19.3 Å². The van der Waals surface area contributed by atoms with E-state index in [4.69, 9.17) is 20.4 Å². The van der Waals surface area contributed by atoms with E-state index in [0.717, 1.165) is 5.56 Å². The molecule has 5 aromatic rings. The molecule has 0 saturated carbocycles. The van der Waals surface area contributed by atoms with Crippen LogP contribution in [0, 0.1) is 0 Å². The molecule has 0 atom stereocenters. The van der Waals surface area contributed by atoms with Crippen LogP contribution in [-0.2, 0) is 0 Å². The van der Waals surface area contributed by atoms with Crippen molar-refractivity contribution in [2.45, 2.75) is 0 Å². The van der Waals surface area contributed by atoms with E-state index < -0.39 is 5.91 Å². The molecule has 2 heterocycles. The maximum atomic E-state index is 12.7. The Morgan fingerprint density at radius 2 is 1.81 bits per heavy atom. The smallest absolute Gasteiger partial charge is 0.291 e. The fraction of sp³-hybridized carbons (Fsp3) is 0. The average molecular weight is 431 g/mol. The van der Waals surface area contributed by atoms with E-state index in [2.05, 4.69) is 10.3 Å². The number of aromatic hydroxyl groups is 1. The maximum Gasteiger partial charge on any atom is 0.291 e. The van der Waals surface area contributed by atoms with Crippen LogP contribution < -0.4 is 5.32 Å². The fourth-order valence-electron chi connectivity index (χ4n) is 3.22. The number of nitrogens with zero attached hydrogens (tertiary/aromatic N) is 1. The molecular formula is C24H15ClN2O4. The molecule has 0 aliphatic heterocycles. The van der Waals surface area contributed by atoms with Crippen LogP contribution in [0.4, 0.5) is 5.69 Å². The van der Waals surface area contributed by atoms with Gasteiger partial charge in [0.15, 0.2) is 11.3 Å². The zero-order valence-corrected chi connectivity index (χ0v) is 16.8. The number of oxazole rings is 1. The van der Waals surface area contributed by atoms with Crippen molar-refractivity contribution in [1.82, 2.24) is 4.98 Å². The lowest BCUT2D eigenvalue weighted by Gasteiger charge is -2.06. The predicted octanol–water partition coefficient (Wildman–Crippen LogP) is 6.37. The summed E-state index contributed by atoms with van der Waals surface area (Å²) in [6.07, 6.45) is 0. The SMILES string of the molecule is O=C(Nc1ccc(O)c(-c2nc3ccccc3o2)c1)c1ccc(-c2cccc(Cl)c2)o1. The Labute approximate surface area is 181 Å². The molecule has 6 nitrogen and oxygen atoms in total. The molecule has 0 saturated heterocycles. The number of furan rings is 1. The molecule has 2 N–H and O–H groups in total. The van der Waals surface area contributed by atoms with Crippen LogP contribution in [0.1, 0.15) is 10.6 Å². The van der Waals surface area contributed by atoms with Crippen LogP contribution in [0.5, 0.6) is 5.75 Å². The number of benzene rings is 3. The van der Waals surface area contributed by atoms with E-state index in [1.165, 1.54) is 6.07 Å². The van der Waals surface area contributed by atoms with Gasteiger partial charge in [-0.15, -0.1) is 0 Å². The van der Waals surface area contributed by atoms with Gasteiger partial charge >= 0.3 is 0 Å². The van der Waals surface area contributed by atoms with E-state index in [9.17, 15) is 9.90 Å². The van der Waals surface area contributed by atoms with Crippen molar-refractivity contribution in [3.8, 4) is 28.5 Å². The highest BCUT2D eigenvalue weighted by molar-refractivity contribution is 6.30. The third-order valence-electron chi connectivity index (χ3n) is 4.72. The molecule has 0 fully saturated rings. The third-order valence-corrected chi connectivity index (χ3v) is 4.95. The molecule has 0 spiro atoms. The number of anilines is 1. The molecule has 0 aliphatic carbocycles. The average Bonchev–Trinajstić information content (AvgIpc) is 3.42. The number of halogens is 1. The second-order valence-electron chi connectivity index (χ2n) is 6.85. The lowest BCUT2D eigenvalue weighted by Crippen LogP contribution is -2.10. The van der Waals surface area contributed by atoms with Crippen molar-refractivity contribution in [3.63, 3.8) is 0 Å². The van der Waals surface area contributed by atoms with Gasteiger partial charge in [0.1, 0.15) is 17.0 Å². The summed E-state index contributed by atoms with van der Waals surface area (Å²) in [5.74, 6) is 0.501. The first-order valence-corrected chi connectivity index (χ1v) is 9.81. The fourth-order valence-corrected chi connectivity index (χ4v) is 3.41. The molecule has 2 aromatic heterocycles. The second-order valence-corrected chi connectivity index (χ2v) is 7.28. The van der Waals surface area contributed by atoms with Crippen molar-refractivity contribution in [2.75, 3.05) is 5.32 Å². The minimum atomic E-state index is -0.428. The topological polar surface area (TPSA) is 88.5 Å². The molecular weight excluding hydrogens is 416 g/mol. The number of aromatic nitrogens is 1. The monoisotopic (exact) mass is 430 g/mol. The quantitative estimate of drug-likeness (QED) is 0.323. The Bertz CT molecular complexity index is 1390. The normalized spacial score (nSPS) is 11.0. The van der Waals surface area contributed by atoms with Gasteiger partial charge in [0.05, 0.1) is 5.56 Å². The highest BCUT2D eigenvalue weighted by atomic mass is 35.5. The first-order valence-electron chi connectivity index (χ1n) is 9.43. The number of carbonyl (C=O) groups excluding carboxylic acids is 1. The van der Waals surface area contributed by atoms with Gasteiger partial charge in [-0.2, -0.15) is 0 Å². The van der Waals surface area contributed by atoms with Gasteiger partial charge in [0, 0.05) is 16.3 Å². The van der Waals surface area contributed by atoms with Crippen molar-refractivity contribution >= 4 is 34.3 Å². The summed E-state index contributed by atoms with van der Waals surface area (Å²) in [5, 5.41) is 13.6. The number of para-hydroxylation sites is 2. The molecule has 0 aliphatic rings. The molecule has 7 heteroatoms. The summed E-state index contributed by atoms with van der Waals surface area (Å²) >= 11 is 6.02. The van der Waals surface area contributed by atoms with E-state index >= 15 is 0 Å². The first-order chi connectivity index (χ1) is 15.1. The van der Waals surface area contributed by atoms with Gasteiger partial charge in [-0.25, -0.2) is 4.98 Å². The molecule has 0 unspecified atom stereocenters. The highest BCUT2D eigenvalue weighted by Crippen LogP contribution is 2.33. The minimum Gasteiger partial charge on any atom is -0.507 e. The van der Waals surface area contributed by atoms with Gasteiger partial charge in [-0.3, -0.25) is 4.79 Å². The number of phenolic OH excluding ortho intramolecular Hbond substituents is 1. The van der Waals surface area contributed by atoms with Crippen LogP contribution in [0.25, 0.3) is 33.9 Å². The van der Waals surface area contributed by atoms with Crippen LogP contribution in [0.15, 0.2) is 87.7 Å². The number of phenols is 1. The number of hydrogen-bond acceptors (Lipinski definition) is 5. The van der Waals surface area contributed by atoms with E-state index in [0.29, 0.717) is 33.1 Å². The Kier molecular flexibility index (Phi) is 4.69. The van der Waals surface area contributed by atoms with Crippen LogP contribution in [-0.4, -0.2) is 16.0 Å². The number of hydrogen-bond donors (Lipinski definition) is 2. The highest BCUT2D eigenvalue weighted by Gasteiger charge is 2.16. The van der Waals surface area contributed by atoms with E-state index in [1.807, 2.05) is 30.3 Å². The standard InChI is InChI=1S/C24H15ClN2O4/c25-15-5-3-4-14(12-15)20-10-11-22(30-20)23(29)26-16-8-9-19(28)17(13-16)24-27-18-6-1-2-7-21(18)31-24/h1-13,28H,(H,26,29). The molecule has 31 heavy (non-hydrogen) atoms. The maximum absolute atomic E-state index is 12.7. The van der Waals surface area contributed by atoms with Gasteiger partial charge in [0.25, 0.3) is 5.91 Å². The number of carbonyl (C=O) groups is 1. The zero-order chi connectivity index (χ0) is 21.4. The summed E-state index contributed by atoms with van der Waals surface area (Å²) < 4.78 is 11.4. The number of nitrogens with one attached hydrogen (secondary N) is 1. The zero-order valence-electron chi connectivity index (χ0n) is 16.0. The number of fused-ring (bicyclic) bond motifs is 1. The Morgan fingerprint density at radius 1 is 0.935 bits per heavy atom. The van der Waals surface area contributed by atoms with Crippen molar-refractivity contribution in [2.24, 2.45) is 0 Å². The lowest BCUT2D eigenvalue weighted by atomic mass is 10.1. The van der Waals surface area contributed by atoms with Gasteiger partial charge in [-0.1, -0.05) is 35.9 Å². The molecule has 0 bridgehead atoms. The van der Waals surface area contributed by atoms with Crippen molar-refractivity contribution in [3.05, 3.63) is 89.6 Å². The minimum absolute atomic E-state index is 0.00852. The predicted molar refractivity (Wildman–Crippen MR) is 118 cm³/mol. The largest absolute Gasteiger partial charge is 0.507 e. The summed E-state index contributed by atoms with van der Waals surface area (Å²) in [7, 11) is 0. The van der Waals surface area contributed by atoms with Crippen molar-refractivity contribution in [1.29, 1.82) is 0 Å². The van der Waals surface area contributed by atoms with Crippen LogP contribution in [0.3, 0.4) is 0 Å². The summed E-state index contributed by atoms with van der Waals surface area (Å²) in [5.41, 5.74) is 2.88. The number of amides is 1. The first kappa shape index (κ1) is 19.0. The van der Waals surface area contributed by atoms with Crippen molar-refractivity contribution < 1.29 is 18.7 Å². The van der Waals surface area contributed by atoms with Gasteiger partial charge in [0.2, 0.25) is 5.89 Å². The molecule has 5 rings (SSSR count). The summed E-state index contributed by atoms with van der Waals surface area (Å²) in [6.45, 7) is 0. The Morgan fingerprint density at radius 3 is 2.65 bits per heavy atom. The Hall–Kier alpha value is -4.03. The molecule has 3 aromatic carbocycles. The summed E-state index contributed by atoms with van der Waals surface area (Å²) in [6, 6.07) is 22.4. The lowest BCUT2D eigenvalue weighted by molar-refractivity contribution is 0.0997. The number of rotatable bonds is 4. The van der Waals surface area contributed by atoms with Crippen LogP contribution >= 0.6 is 11.6 Å². The molecule has 1 amide bonds. The summed E-state index contributed by atoms with van der Waals surface area (Å²) in [4.78, 5) is 17.1. The van der Waals surface area contributed by atoms with Crippen LogP contribution in [0.2, 0.25) is 5.02 Å². The molecule has 152 valence electrons. The third kappa shape index (κ3) is 3.76. The molecule has 0 radical (unpaired) electrons. The van der Waals surface area contributed by atoms with E-state index in [1.54, 1.807) is 42.5 Å². The Balaban J connectivity index is 1.40.